The standard InChI is InChI=1S/C40H48ClFN6O3Si/c1-23(2)52(24(3)4,25(5)6)17-15-31-33(42)13-12-28-19-30(51-22-50-8)20-32(34(28)31)36(49)39-44-37-35(48(39)29-10-9-11-29)38(46-40(41)45-37)47-16-14-27(21-43)18-26(47)7/h12-13,19-20,23-27,29H,9-11,14,16,18,22H2,1-8H3. The Balaban J connectivity index is 1.61. The van der Waals surface area contributed by atoms with Gasteiger partial charge in [0, 0.05) is 42.6 Å². The lowest BCUT2D eigenvalue weighted by Crippen LogP contribution is -2.43. The number of rotatable bonds is 10. The number of ketones is 1. The Hall–Kier alpha value is -4.03. The van der Waals surface area contributed by atoms with Crippen molar-refractivity contribution in [1.82, 2.24) is 19.5 Å². The minimum Gasteiger partial charge on any atom is -0.468 e. The maximum atomic E-state index is 16.1. The summed E-state index contributed by atoms with van der Waals surface area (Å²) in [6, 6.07) is 8.92. The van der Waals surface area contributed by atoms with E-state index in [2.05, 4.69) is 75.9 Å². The molecule has 0 amide bonds. The number of benzene rings is 2. The average molecular weight is 743 g/mol. The summed E-state index contributed by atoms with van der Waals surface area (Å²) < 4.78 is 29.2. The molecule has 12 heteroatoms. The third-order valence-electron chi connectivity index (χ3n) is 11.4. The van der Waals surface area contributed by atoms with Crippen LogP contribution >= 0.6 is 11.6 Å². The fourth-order valence-corrected chi connectivity index (χ4v) is 13.9. The van der Waals surface area contributed by atoms with Crippen molar-refractivity contribution in [3.8, 4) is 23.3 Å². The Morgan fingerprint density at radius 3 is 2.38 bits per heavy atom. The molecule has 2 aliphatic rings. The van der Waals surface area contributed by atoms with Crippen LogP contribution in [0.1, 0.15) is 108 Å². The minimum absolute atomic E-state index is 0.00985. The van der Waals surface area contributed by atoms with Crippen molar-refractivity contribution in [2.75, 3.05) is 25.3 Å². The first-order valence-electron chi connectivity index (χ1n) is 18.4. The van der Waals surface area contributed by atoms with Gasteiger partial charge in [-0.2, -0.15) is 15.2 Å². The van der Waals surface area contributed by atoms with Crippen molar-refractivity contribution in [3.63, 3.8) is 0 Å². The number of hydrogen-bond donors (Lipinski definition) is 0. The molecule has 1 aliphatic heterocycles. The molecule has 1 aliphatic carbocycles. The van der Waals surface area contributed by atoms with Crippen molar-refractivity contribution in [2.45, 2.75) is 109 Å². The number of methoxy groups -OCH3 is 1. The number of fused-ring (bicyclic) bond motifs is 2. The van der Waals surface area contributed by atoms with Crippen molar-refractivity contribution in [3.05, 3.63) is 52.3 Å². The van der Waals surface area contributed by atoms with Crippen molar-refractivity contribution < 1.29 is 18.7 Å². The molecule has 1 saturated carbocycles. The number of anilines is 1. The summed E-state index contributed by atoms with van der Waals surface area (Å²) in [7, 11) is -0.736. The lowest BCUT2D eigenvalue weighted by molar-refractivity contribution is 0.0511. The van der Waals surface area contributed by atoms with E-state index in [9.17, 15) is 5.26 Å². The van der Waals surface area contributed by atoms with E-state index in [1.54, 1.807) is 18.2 Å². The molecule has 9 nitrogen and oxygen atoms in total. The molecular formula is C40H48ClFN6O3Si. The normalized spacial score (nSPS) is 18.2. The zero-order chi connectivity index (χ0) is 37.5. The molecule has 6 rings (SSSR count). The summed E-state index contributed by atoms with van der Waals surface area (Å²) in [5.41, 5.74) is 6.09. The average Bonchev–Trinajstić information content (AvgIpc) is 3.44. The fourth-order valence-electron chi connectivity index (χ4n) is 8.57. The maximum absolute atomic E-state index is 16.1. The second-order valence-corrected chi connectivity index (χ2v) is 21.2. The summed E-state index contributed by atoms with van der Waals surface area (Å²) in [5, 5.41) is 10.7. The summed E-state index contributed by atoms with van der Waals surface area (Å²) in [5.74, 6) is 3.60. The van der Waals surface area contributed by atoms with E-state index in [0.717, 1.165) is 19.3 Å². The summed E-state index contributed by atoms with van der Waals surface area (Å²) in [6.45, 7) is 16.0. The van der Waals surface area contributed by atoms with Gasteiger partial charge in [-0.1, -0.05) is 53.5 Å². The molecule has 52 heavy (non-hydrogen) atoms. The first-order valence-corrected chi connectivity index (χ1v) is 21.0. The van der Waals surface area contributed by atoms with Crippen LogP contribution in [-0.4, -0.2) is 59.9 Å². The number of piperidine rings is 1. The van der Waals surface area contributed by atoms with Crippen LogP contribution in [-0.2, 0) is 4.74 Å². The number of hydrogen-bond acceptors (Lipinski definition) is 8. The van der Waals surface area contributed by atoms with Crippen LogP contribution in [0.2, 0.25) is 21.9 Å². The van der Waals surface area contributed by atoms with Crippen LogP contribution < -0.4 is 9.64 Å². The van der Waals surface area contributed by atoms with Gasteiger partial charge in [0.1, 0.15) is 25.2 Å². The van der Waals surface area contributed by atoms with Crippen LogP contribution in [0.3, 0.4) is 0 Å². The van der Waals surface area contributed by atoms with Crippen LogP contribution in [0.25, 0.3) is 21.9 Å². The molecule has 1 saturated heterocycles. The topological polar surface area (TPSA) is 106 Å². The number of halogens is 2. The molecule has 2 unspecified atom stereocenters. The first kappa shape index (κ1) is 37.7. The Morgan fingerprint density at radius 1 is 1.08 bits per heavy atom. The highest BCUT2D eigenvalue weighted by atomic mass is 35.5. The lowest BCUT2D eigenvalue weighted by Gasteiger charge is -2.38. The van der Waals surface area contributed by atoms with Crippen LogP contribution in [0, 0.1) is 34.5 Å². The summed E-state index contributed by atoms with van der Waals surface area (Å²) >= 11 is 6.54. The number of aromatic nitrogens is 4. The van der Waals surface area contributed by atoms with Gasteiger partial charge >= 0.3 is 0 Å². The highest BCUT2D eigenvalue weighted by Crippen LogP contribution is 2.43. The smallest absolute Gasteiger partial charge is 0.229 e. The Morgan fingerprint density at radius 2 is 1.79 bits per heavy atom. The molecule has 274 valence electrons. The van der Waals surface area contributed by atoms with E-state index in [-0.39, 0.29) is 47.0 Å². The van der Waals surface area contributed by atoms with Gasteiger partial charge in [0.15, 0.2) is 24.1 Å². The van der Waals surface area contributed by atoms with E-state index in [0.29, 0.717) is 69.5 Å². The highest BCUT2D eigenvalue weighted by Gasteiger charge is 2.42. The summed E-state index contributed by atoms with van der Waals surface area (Å²) in [6.07, 6.45) is 4.10. The predicted molar refractivity (Wildman–Crippen MR) is 206 cm³/mol. The van der Waals surface area contributed by atoms with Gasteiger partial charge in [0.2, 0.25) is 11.1 Å². The molecule has 0 N–H and O–H groups in total. The maximum Gasteiger partial charge on any atom is 0.229 e. The van der Waals surface area contributed by atoms with E-state index < -0.39 is 19.7 Å². The van der Waals surface area contributed by atoms with E-state index in [4.69, 9.17) is 31.0 Å². The minimum atomic E-state index is -2.26. The Labute approximate surface area is 311 Å². The third-order valence-corrected chi connectivity index (χ3v) is 17.8. The SMILES string of the molecule is COCOc1cc(C(=O)c2nc3nc(Cl)nc(N4CCC(C#N)CC4C)c3n2C2CCC2)c2c(C#C[Si](C(C)C)(C(C)C)C(C)C)c(F)ccc2c1. The zero-order valence-electron chi connectivity index (χ0n) is 31.4. The van der Waals surface area contributed by atoms with Crippen LogP contribution in [0.5, 0.6) is 5.75 Å². The number of ether oxygens (including phenoxy) is 2. The number of carbonyl (C=O) groups is 1. The Kier molecular flexibility index (Phi) is 11.0. The van der Waals surface area contributed by atoms with E-state index in [1.165, 1.54) is 13.2 Å². The highest BCUT2D eigenvalue weighted by molar-refractivity contribution is 6.90. The zero-order valence-corrected chi connectivity index (χ0v) is 33.1. The first-order chi connectivity index (χ1) is 24.8. The van der Waals surface area contributed by atoms with Gasteiger partial charge < -0.3 is 18.9 Å². The molecule has 2 aromatic heterocycles. The van der Waals surface area contributed by atoms with Gasteiger partial charge in [0.25, 0.3) is 0 Å². The van der Waals surface area contributed by atoms with E-state index >= 15 is 9.18 Å². The lowest BCUT2D eigenvalue weighted by atomic mass is 9.91. The predicted octanol–water partition coefficient (Wildman–Crippen LogP) is 9.41. The van der Waals surface area contributed by atoms with Crippen LogP contribution in [0.15, 0.2) is 24.3 Å². The molecule has 0 spiro atoms. The van der Waals surface area contributed by atoms with Gasteiger partial charge in [0.05, 0.1) is 11.6 Å². The van der Waals surface area contributed by atoms with Crippen molar-refractivity contribution in [1.29, 1.82) is 5.26 Å². The molecule has 0 radical (unpaired) electrons. The second kappa shape index (κ2) is 15.1. The number of carbonyl (C=O) groups excluding carboxylic acids is 1. The number of nitrogens with zero attached hydrogens (tertiary/aromatic N) is 6. The molecule has 3 heterocycles. The molecule has 0 bridgehead atoms. The molecule has 2 fully saturated rings. The van der Waals surface area contributed by atoms with Crippen LogP contribution in [0.4, 0.5) is 10.2 Å². The molecule has 4 aromatic rings. The van der Waals surface area contributed by atoms with Gasteiger partial charge in [-0.25, -0.2) is 9.37 Å². The molecular weight excluding hydrogens is 695 g/mol. The van der Waals surface area contributed by atoms with E-state index in [1.807, 2.05) is 4.57 Å². The van der Waals surface area contributed by atoms with Crippen molar-refractivity contribution >= 4 is 53.2 Å². The molecule has 2 aromatic carbocycles. The number of nitriles is 1. The third kappa shape index (κ3) is 6.68. The quantitative estimate of drug-likeness (QED) is 0.0520. The largest absolute Gasteiger partial charge is 0.468 e. The Bertz CT molecular complexity index is 2090. The van der Waals surface area contributed by atoms with Gasteiger partial charge in [-0.05, 0) is 90.8 Å². The number of imidazole rings is 1. The second-order valence-electron chi connectivity index (χ2n) is 15.3. The van der Waals surface area contributed by atoms with Gasteiger partial charge in [-0.3, -0.25) is 4.79 Å². The monoisotopic (exact) mass is 742 g/mol. The van der Waals surface area contributed by atoms with Crippen molar-refractivity contribution in [2.24, 2.45) is 5.92 Å². The van der Waals surface area contributed by atoms with Gasteiger partial charge in [-0.15, -0.1) is 5.54 Å². The summed E-state index contributed by atoms with van der Waals surface area (Å²) in [4.78, 5) is 31.4. The molecule has 2 atom stereocenters. The fraction of sp³-hybridized carbons (Fsp3) is 0.525.